The third-order valence-corrected chi connectivity index (χ3v) is 8.19. The summed E-state index contributed by atoms with van der Waals surface area (Å²) in [5.41, 5.74) is 9.15. The molecule has 3 heterocycles. The lowest BCUT2D eigenvalue weighted by atomic mass is 10.1. The summed E-state index contributed by atoms with van der Waals surface area (Å²) < 4.78 is 19.8. The Bertz CT molecular complexity index is 1940. The Balaban J connectivity index is 1.42. The van der Waals surface area contributed by atoms with Gasteiger partial charge in [0, 0.05) is 14.9 Å². The van der Waals surface area contributed by atoms with Crippen LogP contribution in [0.4, 0.5) is 5.95 Å². The van der Waals surface area contributed by atoms with Gasteiger partial charge in [0.2, 0.25) is 5.95 Å². The number of aromatic nitrogens is 4. The molecule has 46 heavy (non-hydrogen) atoms. The number of alkyl halides is 1. The zero-order valence-electron chi connectivity index (χ0n) is 23.7. The summed E-state index contributed by atoms with van der Waals surface area (Å²) in [6.45, 7) is 0. The highest BCUT2D eigenvalue weighted by atomic mass is 127. The van der Waals surface area contributed by atoms with Crippen LogP contribution in [0.3, 0.4) is 0 Å². The summed E-state index contributed by atoms with van der Waals surface area (Å²) in [4.78, 5) is 55.6. The molecule has 0 bridgehead atoms. The van der Waals surface area contributed by atoms with Crippen molar-refractivity contribution >= 4 is 57.5 Å². The first-order chi connectivity index (χ1) is 22.4. The fraction of sp³-hybridized carbons (Fsp3) is 0.161. The molecule has 1 aliphatic rings. The van der Waals surface area contributed by atoms with Gasteiger partial charge >= 0.3 is 11.9 Å². The Kier molecular flexibility index (Phi) is 8.87. The zero-order valence-corrected chi connectivity index (χ0v) is 25.9. The van der Waals surface area contributed by atoms with E-state index >= 15 is 0 Å². The maximum Gasteiger partial charge on any atom is 0.338 e. The van der Waals surface area contributed by atoms with Crippen LogP contribution in [0.1, 0.15) is 37.3 Å². The molecule has 6 rings (SSSR count). The number of nitrogens with one attached hydrogen (secondary N) is 1. The first-order valence-corrected chi connectivity index (χ1v) is 15.3. The molecule has 0 saturated carbocycles. The van der Waals surface area contributed by atoms with Gasteiger partial charge in [-0.2, -0.15) is 4.98 Å². The van der Waals surface area contributed by atoms with Crippen LogP contribution in [-0.4, -0.2) is 59.7 Å². The number of anilines is 1. The van der Waals surface area contributed by atoms with Gasteiger partial charge in [0.15, 0.2) is 29.8 Å². The van der Waals surface area contributed by atoms with Crippen LogP contribution in [0.15, 0.2) is 109 Å². The summed E-state index contributed by atoms with van der Waals surface area (Å²) in [6.07, 6.45) is -1.21. The lowest BCUT2D eigenvalue weighted by Crippen LogP contribution is -2.47. The van der Waals surface area contributed by atoms with Crippen molar-refractivity contribution in [2.24, 2.45) is 5.11 Å². The largest absolute Gasteiger partial charge is 0.451 e. The molecule has 4 atom stereocenters. The number of imidazole rings is 1. The minimum atomic E-state index is -1.81. The number of amides is 1. The number of carbonyl (C=O) groups excluding carboxylic acids is 3. The van der Waals surface area contributed by atoms with Crippen molar-refractivity contribution in [3.8, 4) is 0 Å². The Labute approximate surface area is 274 Å². The maximum atomic E-state index is 13.4. The minimum absolute atomic E-state index is 0.0113. The number of hydrogen-bond acceptors (Lipinski definition) is 10. The van der Waals surface area contributed by atoms with Crippen molar-refractivity contribution in [2.45, 2.75) is 24.2 Å². The SMILES string of the molecule is [N-]=[N+]=N[C@]1(CI)O[C@@H](n2cnc3cnc(NC(=O)c4ccccc4)nc32)[C@H](OC(=O)c2ccccc2)[C@@H]1OC(=O)c1ccccc1. The van der Waals surface area contributed by atoms with Crippen LogP contribution in [-0.2, 0) is 14.2 Å². The summed E-state index contributed by atoms with van der Waals surface area (Å²) in [5, 5.41) is 6.58. The van der Waals surface area contributed by atoms with Gasteiger partial charge < -0.3 is 14.2 Å². The number of esters is 2. The Morgan fingerprint density at radius 2 is 1.50 bits per heavy atom. The predicted octanol–water partition coefficient (Wildman–Crippen LogP) is 5.50. The van der Waals surface area contributed by atoms with E-state index in [1.165, 1.54) is 17.1 Å². The van der Waals surface area contributed by atoms with Crippen molar-refractivity contribution in [3.05, 3.63) is 131 Å². The molecule has 1 amide bonds. The molecular formula is C31H23IN8O6. The van der Waals surface area contributed by atoms with E-state index in [9.17, 15) is 19.9 Å². The summed E-state index contributed by atoms with van der Waals surface area (Å²) in [6, 6.07) is 25.0. The number of azide groups is 1. The monoisotopic (exact) mass is 730 g/mol. The van der Waals surface area contributed by atoms with Gasteiger partial charge in [-0.1, -0.05) is 82.3 Å². The normalized spacial score (nSPS) is 20.4. The quantitative estimate of drug-likeness (QED) is 0.0511. The molecular weight excluding hydrogens is 707 g/mol. The number of hydrogen-bond donors (Lipinski definition) is 1. The molecule has 0 unspecified atom stereocenters. The topological polar surface area (TPSA) is 183 Å². The molecule has 230 valence electrons. The van der Waals surface area contributed by atoms with Crippen molar-refractivity contribution in [1.82, 2.24) is 19.5 Å². The zero-order chi connectivity index (χ0) is 32.1. The summed E-state index contributed by atoms with van der Waals surface area (Å²) >= 11 is 1.95. The fourth-order valence-corrected chi connectivity index (χ4v) is 5.66. The molecule has 1 fully saturated rings. The lowest BCUT2D eigenvalue weighted by molar-refractivity contribution is -0.0860. The van der Waals surface area contributed by atoms with E-state index in [0.29, 0.717) is 11.1 Å². The number of ether oxygens (including phenoxy) is 3. The van der Waals surface area contributed by atoms with Crippen molar-refractivity contribution in [1.29, 1.82) is 0 Å². The number of carbonyl (C=O) groups is 3. The number of nitrogens with zero attached hydrogens (tertiary/aromatic N) is 7. The number of fused-ring (bicyclic) bond motifs is 1. The fourth-order valence-electron chi connectivity index (χ4n) is 4.89. The smallest absolute Gasteiger partial charge is 0.338 e. The third kappa shape index (κ3) is 6.10. The van der Waals surface area contributed by atoms with E-state index in [4.69, 9.17) is 14.2 Å². The predicted molar refractivity (Wildman–Crippen MR) is 172 cm³/mol. The highest BCUT2D eigenvalue weighted by molar-refractivity contribution is 14.1. The van der Waals surface area contributed by atoms with E-state index in [1.54, 1.807) is 91.0 Å². The molecule has 0 spiro atoms. The molecule has 0 radical (unpaired) electrons. The van der Waals surface area contributed by atoms with Crippen LogP contribution in [0.25, 0.3) is 21.6 Å². The van der Waals surface area contributed by atoms with E-state index in [2.05, 4.69) is 30.3 Å². The van der Waals surface area contributed by atoms with Crippen LogP contribution in [0, 0.1) is 0 Å². The molecule has 1 N–H and O–H groups in total. The summed E-state index contributed by atoms with van der Waals surface area (Å²) in [7, 11) is 0. The van der Waals surface area contributed by atoms with Crippen LogP contribution in [0.2, 0.25) is 0 Å². The lowest BCUT2D eigenvalue weighted by Gasteiger charge is -2.28. The standard InChI is InChI=1S/C31H23IN8O6/c32-17-31(38-39-33)24(45-29(43)21-14-8-3-9-15-21)23(44-28(42)20-12-6-2-7-13-20)27(46-31)40-18-35-22-16-34-30(36-25(22)40)37-26(41)19-10-4-1-5-11-19/h1-16,18,23-24,27H,17H2,(H,34,36,37,41)/t23-,24+,27-,31-/m1/s1. The van der Waals surface area contributed by atoms with Crippen molar-refractivity contribution in [2.75, 3.05) is 9.74 Å². The molecule has 14 nitrogen and oxygen atoms in total. The number of benzene rings is 3. The van der Waals surface area contributed by atoms with Gasteiger partial charge in [-0.3, -0.25) is 14.7 Å². The molecule has 2 aromatic heterocycles. The third-order valence-electron chi connectivity index (χ3n) is 7.10. The Hall–Kier alpha value is -5.38. The van der Waals surface area contributed by atoms with Gasteiger partial charge in [0.1, 0.15) is 5.52 Å². The van der Waals surface area contributed by atoms with E-state index < -0.39 is 42.0 Å². The second-order valence-corrected chi connectivity index (χ2v) is 10.7. The molecule has 3 aromatic carbocycles. The molecule has 5 aromatic rings. The average Bonchev–Trinajstić information content (AvgIpc) is 3.64. The van der Waals surface area contributed by atoms with Gasteiger partial charge in [-0.15, -0.1) is 0 Å². The van der Waals surface area contributed by atoms with E-state index in [-0.39, 0.29) is 27.1 Å². The second-order valence-electron chi connectivity index (χ2n) is 9.98. The summed E-state index contributed by atoms with van der Waals surface area (Å²) in [5.74, 6) is -1.94. The van der Waals surface area contributed by atoms with E-state index in [0.717, 1.165) is 0 Å². The number of rotatable bonds is 9. The minimum Gasteiger partial charge on any atom is -0.451 e. The van der Waals surface area contributed by atoms with Gasteiger partial charge in [-0.25, -0.2) is 19.6 Å². The molecule has 0 aliphatic carbocycles. The van der Waals surface area contributed by atoms with Crippen molar-refractivity contribution < 1.29 is 28.6 Å². The Morgan fingerprint density at radius 1 is 0.913 bits per heavy atom. The van der Waals surface area contributed by atoms with Gasteiger partial charge in [0.05, 0.1) is 23.7 Å². The number of halogens is 1. The highest BCUT2D eigenvalue weighted by Gasteiger charge is 2.60. The molecule has 1 saturated heterocycles. The highest BCUT2D eigenvalue weighted by Crippen LogP contribution is 2.44. The van der Waals surface area contributed by atoms with Crippen molar-refractivity contribution in [3.63, 3.8) is 0 Å². The first kappa shape index (κ1) is 30.6. The van der Waals surface area contributed by atoms with Crippen LogP contribution >= 0.6 is 22.6 Å². The average molecular weight is 730 g/mol. The Morgan fingerprint density at radius 3 is 2.09 bits per heavy atom. The first-order valence-electron chi connectivity index (χ1n) is 13.8. The van der Waals surface area contributed by atoms with E-state index in [1.807, 2.05) is 22.6 Å². The molecule has 1 aliphatic heterocycles. The van der Waals surface area contributed by atoms with Gasteiger partial charge in [0.25, 0.3) is 5.91 Å². The second kappa shape index (κ2) is 13.3. The maximum absolute atomic E-state index is 13.4. The molecule has 15 heteroatoms. The van der Waals surface area contributed by atoms with Crippen LogP contribution < -0.4 is 5.32 Å². The van der Waals surface area contributed by atoms with Gasteiger partial charge in [-0.05, 0) is 41.9 Å². The van der Waals surface area contributed by atoms with Crippen LogP contribution in [0.5, 0.6) is 0 Å².